The van der Waals surface area contributed by atoms with Gasteiger partial charge in [0, 0.05) is 19.6 Å². The Kier molecular flexibility index (Phi) is 6.92. The third-order valence-corrected chi connectivity index (χ3v) is 5.61. The fraction of sp³-hybridized carbons (Fsp3) is 0.667. The summed E-state index contributed by atoms with van der Waals surface area (Å²) in [6, 6.07) is 6.30. The predicted molar refractivity (Wildman–Crippen MR) is 105 cm³/mol. The first-order chi connectivity index (χ1) is 12.6. The number of nitrogens with zero attached hydrogens (tertiary/aromatic N) is 1. The van der Waals surface area contributed by atoms with Gasteiger partial charge in [-0.15, -0.1) is 0 Å². The van der Waals surface area contributed by atoms with Gasteiger partial charge in [-0.25, -0.2) is 0 Å². The van der Waals surface area contributed by atoms with Crippen molar-refractivity contribution in [3.8, 4) is 5.75 Å². The zero-order valence-electron chi connectivity index (χ0n) is 16.2. The lowest BCUT2D eigenvalue weighted by atomic mass is 9.98. The number of ether oxygens (including phenoxy) is 1. The largest absolute Gasteiger partial charge is 0.492 e. The molecule has 0 aromatic heterocycles. The number of likely N-dealkylation sites (tertiary alicyclic amines) is 1. The van der Waals surface area contributed by atoms with Crippen molar-refractivity contribution >= 4 is 5.91 Å². The zero-order chi connectivity index (χ0) is 18.4. The molecular formula is C21H33N3O2. The highest BCUT2D eigenvalue weighted by molar-refractivity contribution is 5.81. The molecule has 3 rings (SSSR count). The van der Waals surface area contributed by atoms with Crippen LogP contribution in [0, 0.1) is 19.8 Å². The van der Waals surface area contributed by atoms with Crippen LogP contribution in [0.1, 0.15) is 36.8 Å². The van der Waals surface area contributed by atoms with E-state index in [2.05, 4.69) is 47.6 Å². The second-order valence-electron chi connectivity index (χ2n) is 7.77. The molecule has 2 fully saturated rings. The second-order valence-corrected chi connectivity index (χ2v) is 7.77. The fourth-order valence-corrected chi connectivity index (χ4v) is 4.10. The lowest BCUT2D eigenvalue weighted by Crippen LogP contribution is -2.46. The van der Waals surface area contributed by atoms with E-state index in [9.17, 15) is 4.79 Å². The summed E-state index contributed by atoms with van der Waals surface area (Å²) in [6.07, 6.45) is 4.48. The van der Waals surface area contributed by atoms with Crippen molar-refractivity contribution in [2.45, 2.75) is 45.6 Å². The maximum Gasteiger partial charge on any atom is 0.237 e. The first-order valence-electron chi connectivity index (χ1n) is 10.1. The highest BCUT2D eigenvalue weighted by atomic mass is 16.5. The van der Waals surface area contributed by atoms with Crippen LogP contribution >= 0.6 is 0 Å². The molecule has 2 aliphatic rings. The molecule has 0 aliphatic carbocycles. The highest BCUT2D eigenvalue weighted by Crippen LogP contribution is 2.22. The summed E-state index contributed by atoms with van der Waals surface area (Å²) < 4.78 is 6.05. The Morgan fingerprint density at radius 1 is 1.27 bits per heavy atom. The first kappa shape index (κ1) is 19.2. The quantitative estimate of drug-likeness (QED) is 0.784. The molecular weight excluding hydrogens is 326 g/mol. The summed E-state index contributed by atoms with van der Waals surface area (Å²) in [5.74, 6) is 1.75. The molecule has 2 aliphatic heterocycles. The monoisotopic (exact) mass is 359 g/mol. The minimum Gasteiger partial charge on any atom is -0.492 e. The summed E-state index contributed by atoms with van der Waals surface area (Å²) in [6.45, 7) is 9.81. The normalized spacial score (nSPS) is 23.8. The van der Waals surface area contributed by atoms with Gasteiger partial charge >= 0.3 is 0 Å². The molecule has 2 N–H and O–H groups in total. The highest BCUT2D eigenvalue weighted by Gasteiger charge is 2.24. The Balaban J connectivity index is 1.38. The van der Waals surface area contributed by atoms with Gasteiger partial charge in [0.25, 0.3) is 0 Å². The predicted octanol–water partition coefficient (Wildman–Crippen LogP) is 2.26. The topological polar surface area (TPSA) is 53.6 Å². The first-order valence-corrected chi connectivity index (χ1v) is 10.1. The average Bonchev–Trinajstić information content (AvgIpc) is 3.17. The standard InChI is InChI=1S/C21H33N3O2/c1-16-6-3-7-17(2)20(16)26-13-12-24-11-5-8-18(15-24)14-23-21(25)19-9-4-10-22-19/h3,6-7,18-19,22H,4-5,8-15H2,1-2H3,(H,23,25). The number of carbonyl (C=O) groups is 1. The smallest absolute Gasteiger partial charge is 0.237 e. The lowest BCUT2D eigenvalue weighted by molar-refractivity contribution is -0.123. The maximum atomic E-state index is 12.2. The van der Waals surface area contributed by atoms with Crippen LogP contribution in [0.15, 0.2) is 18.2 Å². The number of hydrogen-bond acceptors (Lipinski definition) is 4. The minimum atomic E-state index is 0.0282. The van der Waals surface area contributed by atoms with Gasteiger partial charge in [-0.2, -0.15) is 0 Å². The van der Waals surface area contributed by atoms with Crippen molar-refractivity contribution in [3.05, 3.63) is 29.3 Å². The van der Waals surface area contributed by atoms with E-state index in [4.69, 9.17) is 4.74 Å². The second kappa shape index (κ2) is 9.38. The number of piperidine rings is 1. The van der Waals surface area contributed by atoms with Gasteiger partial charge in [0.05, 0.1) is 6.04 Å². The van der Waals surface area contributed by atoms with Gasteiger partial charge in [0.15, 0.2) is 0 Å². The SMILES string of the molecule is Cc1cccc(C)c1OCCN1CCCC(CNC(=O)C2CCCN2)C1. The summed E-state index contributed by atoms with van der Waals surface area (Å²) >= 11 is 0. The van der Waals surface area contributed by atoms with Crippen molar-refractivity contribution in [2.24, 2.45) is 5.92 Å². The molecule has 2 saturated heterocycles. The third-order valence-electron chi connectivity index (χ3n) is 5.61. The van der Waals surface area contributed by atoms with E-state index < -0.39 is 0 Å². The third kappa shape index (κ3) is 5.21. The van der Waals surface area contributed by atoms with Crippen LogP contribution in [0.5, 0.6) is 5.75 Å². The van der Waals surface area contributed by atoms with E-state index in [-0.39, 0.29) is 11.9 Å². The fourth-order valence-electron chi connectivity index (χ4n) is 4.10. The molecule has 0 bridgehead atoms. The molecule has 1 amide bonds. The van der Waals surface area contributed by atoms with Crippen LogP contribution in [-0.4, -0.2) is 56.2 Å². The van der Waals surface area contributed by atoms with E-state index in [1.807, 2.05) is 0 Å². The Morgan fingerprint density at radius 2 is 2.08 bits per heavy atom. The van der Waals surface area contributed by atoms with E-state index >= 15 is 0 Å². The zero-order valence-corrected chi connectivity index (χ0v) is 16.2. The van der Waals surface area contributed by atoms with Gasteiger partial charge in [0.2, 0.25) is 5.91 Å². The molecule has 0 saturated carbocycles. The summed E-state index contributed by atoms with van der Waals surface area (Å²) in [7, 11) is 0. The number of nitrogens with one attached hydrogen (secondary N) is 2. The number of benzene rings is 1. The van der Waals surface area contributed by atoms with Crippen LogP contribution in [0.25, 0.3) is 0 Å². The van der Waals surface area contributed by atoms with Crippen molar-refractivity contribution in [1.29, 1.82) is 0 Å². The van der Waals surface area contributed by atoms with Crippen LogP contribution < -0.4 is 15.4 Å². The minimum absolute atomic E-state index is 0.0282. The van der Waals surface area contributed by atoms with E-state index in [1.165, 1.54) is 24.0 Å². The summed E-state index contributed by atoms with van der Waals surface area (Å²) in [5, 5.41) is 6.42. The van der Waals surface area contributed by atoms with Crippen LogP contribution in [0.4, 0.5) is 0 Å². The van der Waals surface area contributed by atoms with E-state index in [1.54, 1.807) is 0 Å². The Labute approximate surface area is 157 Å². The number of amides is 1. The Bertz CT molecular complexity index is 579. The average molecular weight is 360 g/mol. The molecule has 0 radical (unpaired) electrons. The van der Waals surface area contributed by atoms with Gasteiger partial charge in [-0.1, -0.05) is 18.2 Å². The molecule has 5 nitrogen and oxygen atoms in total. The molecule has 26 heavy (non-hydrogen) atoms. The molecule has 1 aromatic rings. The molecule has 2 unspecified atom stereocenters. The Morgan fingerprint density at radius 3 is 2.81 bits per heavy atom. The molecule has 0 spiro atoms. The number of carbonyl (C=O) groups excluding carboxylic acids is 1. The number of rotatable bonds is 7. The molecule has 2 atom stereocenters. The number of hydrogen-bond donors (Lipinski definition) is 2. The summed E-state index contributed by atoms with van der Waals surface area (Å²) in [5.41, 5.74) is 2.40. The van der Waals surface area contributed by atoms with Gasteiger partial charge in [-0.3, -0.25) is 9.69 Å². The van der Waals surface area contributed by atoms with Crippen molar-refractivity contribution in [3.63, 3.8) is 0 Å². The summed E-state index contributed by atoms with van der Waals surface area (Å²) in [4.78, 5) is 14.6. The lowest BCUT2D eigenvalue weighted by Gasteiger charge is -2.33. The maximum absolute atomic E-state index is 12.2. The van der Waals surface area contributed by atoms with Gasteiger partial charge in [-0.05, 0) is 69.7 Å². The van der Waals surface area contributed by atoms with Gasteiger partial charge < -0.3 is 15.4 Å². The van der Waals surface area contributed by atoms with Crippen LogP contribution in [0.2, 0.25) is 0 Å². The van der Waals surface area contributed by atoms with Crippen molar-refractivity contribution in [2.75, 3.05) is 39.3 Å². The molecule has 1 aromatic carbocycles. The number of para-hydroxylation sites is 1. The van der Waals surface area contributed by atoms with E-state index in [0.717, 1.165) is 57.9 Å². The van der Waals surface area contributed by atoms with Crippen LogP contribution in [-0.2, 0) is 4.79 Å². The molecule has 144 valence electrons. The van der Waals surface area contributed by atoms with Gasteiger partial charge in [0.1, 0.15) is 12.4 Å². The molecule has 5 heteroatoms. The van der Waals surface area contributed by atoms with Crippen LogP contribution in [0.3, 0.4) is 0 Å². The number of aryl methyl sites for hydroxylation is 2. The Hall–Kier alpha value is -1.59. The van der Waals surface area contributed by atoms with Crippen molar-refractivity contribution < 1.29 is 9.53 Å². The van der Waals surface area contributed by atoms with E-state index in [0.29, 0.717) is 5.92 Å². The van der Waals surface area contributed by atoms with Crippen molar-refractivity contribution in [1.82, 2.24) is 15.5 Å². The molecule has 2 heterocycles.